The average Bonchev–Trinajstić information content (AvgIpc) is 1.49. The molecule has 5 heteroatoms. The van der Waals surface area contributed by atoms with Crippen LogP contribution in [0.1, 0.15) is 43.9 Å². The lowest BCUT2D eigenvalue weighted by Crippen LogP contribution is -2.00. The predicted molar refractivity (Wildman–Crippen MR) is 229 cm³/mol. The highest BCUT2D eigenvalue weighted by Crippen LogP contribution is 2.42. The van der Waals surface area contributed by atoms with Crippen molar-refractivity contribution in [2.75, 3.05) is 0 Å². The molecule has 0 aliphatic carbocycles. The first kappa shape index (κ1) is 13.3. The molecule has 0 unspecified atom stereocenters. The molecular formula is C51H32N4O. The van der Waals surface area contributed by atoms with E-state index in [2.05, 4.69) is 15.0 Å². The maximum atomic E-state index is 9.61. The molecule has 0 saturated heterocycles. The third kappa shape index (κ3) is 5.29. The minimum Gasteiger partial charge on any atom is -0.456 e. The van der Waals surface area contributed by atoms with Gasteiger partial charge >= 0.3 is 0 Å². The fourth-order valence-corrected chi connectivity index (χ4v) is 6.04. The Bertz CT molecular complexity index is 4880. The number of fused-ring (bicyclic) bond motifs is 6. The monoisotopic (exact) mass is 748 g/mol. The van der Waals surface area contributed by atoms with E-state index in [4.69, 9.17) is 34.6 Å². The van der Waals surface area contributed by atoms with Crippen molar-refractivity contribution in [1.82, 2.24) is 19.5 Å². The molecule has 0 bridgehead atoms. The number of hydrogen-bond acceptors (Lipinski definition) is 4. The largest absolute Gasteiger partial charge is 0.456 e. The highest BCUT2D eigenvalue weighted by molar-refractivity contribution is 6.15. The van der Waals surface area contributed by atoms with Crippen LogP contribution in [-0.4, -0.2) is 19.5 Å². The van der Waals surface area contributed by atoms with Gasteiger partial charge < -0.3 is 8.98 Å². The molecule has 11 rings (SSSR count). The van der Waals surface area contributed by atoms with Gasteiger partial charge in [-0.1, -0.05) is 157 Å². The molecular weight excluding hydrogens is 685 g/mol. The topological polar surface area (TPSA) is 56.7 Å². The lowest BCUT2D eigenvalue weighted by molar-refractivity contribution is 0.669. The lowest BCUT2D eigenvalue weighted by Gasteiger charge is -2.14. The van der Waals surface area contributed by atoms with Crippen molar-refractivity contribution in [3.05, 3.63) is 193 Å². The standard InChI is InChI=1S/C51H32N4O/c1-3-14-34(15-4-1)49-52-50(35-16-5-2-6-17-35)54-51(53-49)36-28-26-33(27-29-36)37-30-31-42-47(32-37)56-46-25-13-21-41(48(42)46)40-20-9-12-24-45(40)55-43-22-10-7-18-38(43)39-19-8-11-23-44(39)55/h1-32H/i1D,2D,3D,4D,5D,6D,7D,8D,9D,10D,11D,12D,13D,14D,15D,16D,17D,18D,19D,20D,21D,22D,23D,24D,25D,26D,27D,28D,29D,30D,31D,32D. The van der Waals surface area contributed by atoms with Crippen molar-refractivity contribution in [3.8, 4) is 62.1 Å². The van der Waals surface area contributed by atoms with Crippen LogP contribution < -0.4 is 0 Å². The molecule has 3 heterocycles. The summed E-state index contributed by atoms with van der Waals surface area (Å²) in [5, 5.41) is -2.37. The maximum absolute atomic E-state index is 9.61. The molecule has 0 spiro atoms. The Morgan fingerprint density at radius 3 is 1.52 bits per heavy atom. The Kier molecular flexibility index (Phi) is 3.10. The second-order valence-electron chi connectivity index (χ2n) is 11.6. The number of rotatable bonds is 6. The van der Waals surface area contributed by atoms with E-state index in [1.54, 1.807) is 0 Å². The molecule has 0 saturated carbocycles. The molecule has 3 aromatic heterocycles. The fourth-order valence-electron chi connectivity index (χ4n) is 6.04. The van der Waals surface area contributed by atoms with Crippen LogP contribution in [0.4, 0.5) is 0 Å². The van der Waals surface area contributed by atoms with Crippen molar-refractivity contribution in [1.29, 1.82) is 0 Å². The minimum absolute atomic E-state index is 0.524. The van der Waals surface area contributed by atoms with Crippen molar-refractivity contribution in [2.45, 2.75) is 0 Å². The van der Waals surface area contributed by atoms with Crippen molar-refractivity contribution in [3.63, 3.8) is 0 Å². The summed E-state index contributed by atoms with van der Waals surface area (Å²) in [5.41, 5.74) is -9.39. The lowest BCUT2D eigenvalue weighted by atomic mass is 9.96. The molecule has 0 amide bonds. The molecule has 0 aliphatic rings. The zero-order valence-corrected chi connectivity index (χ0v) is 27.7. The first-order chi connectivity index (χ1) is 41.1. The Balaban J connectivity index is 1.23. The van der Waals surface area contributed by atoms with E-state index in [0.29, 0.717) is 0 Å². The quantitative estimate of drug-likeness (QED) is 0.170. The van der Waals surface area contributed by atoms with E-state index in [1.807, 2.05) is 0 Å². The Hall–Kier alpha value is -7.63. The molecule has 0 radical (unpaired) electrons. The van der Waals surface area contributed by atoms with E-state index in [1.165, 1.54) is 0 Å². The van der Waals surface area contributed by atoms with E-state index in [9.17, 15) is 13.7 Å². The molecule has 0 N–H and O–H groups in total. The van der Waals surface area contributed by atoms with Gasteiger partial charge in [-0.25, -0.2) is 15.0 Å². The molecule has 56 heavy (non-hydrogen) atoms. The summed E-state index contributed by atoms with van der Waals surface area (Å²) in [6.45, 7) is 0. The summed E-state index contributed by atoms with van der Waals surface area (Å²) in [4.78, 5) is 12.6. The Morgan fingerprint density at radius 2 is 0.875 bits per heavy atom. The second-order valence-corrected chi connectivity index (χ2v) is 11.6. The highest BCUT2D eigenvalue weighted by atomic mass is 16.3. The van der Waals surface area contributed by atoms with Crippen LogP contribution in [-0.2, 0) is 0 Å². The Morgan fingerprint density at radius 1 is 0.375 bits per heavy atom. The van der Waals surface area contributed by atoms with Gasteiger partial charge in [-0.3, -0.25) is 0 Å². The van der Waals surface area contributed by atoms with Crippen LogP contribution >= 0.6 is 0 Å². The van der Waals surface area contributed by atoms with Crippen LogP contribution in [0.3, 0.4) is 0 Å². The van der Waals surface area contributed by atoms with E-state index in [0.717, 1.165) is 4.57 Å². The van der Waals surface area contributed by atoms with Gasteiger partial charge in [-0.2, -0.15) is 0 Å². The summed E-state index contributed by atoms with van der Waals surface area (Å²) in [5.74, 6) is -2.54. The van der Waals surface area contributed by atoms with Crippen LogP contribution in [0.2, 0.25) is 0 Å². The molecule has 11 aromatic rings. The van der Waals surface area contributed by atoms with Crippen molar-refractivity contribution < 1.29 is 48.3 Å². The first-order valence-electron chi connectivity index (χ1n) is 32.2. The van der Waals surface area contributed by atoms with Crippen LogP contribution in [0.25, 0.3) is 106 Å². The summed E-state index contributed by atoms with van der Waals surface area (Å²) in [6, 6.07) is -30.5. The van der Waals surface area contributed by atoms with Gasteiger partial charge in [0.2, 0.25) is 0 Å². The van der Waals surface area contributed by atoms with Gasteiger partial charge in [0, 0.05) is 43.8 Å². The number of benzene rings is 8. The zero-order chi connectivity index (χ0) is 64.9. The van der Waals surface area contributed by atoms with Crippen LogP contribution in [0.15, 0.2) is 198 Å². The molecule has 0 aliphatic heterocycles. The number of aromatic nitrogens is 4. The van der Waals surface area contributed by atoms with Gasteiger partial charge in [0.05, 0.1) is 60.6 Å². The van der Waals surface area contributed by atoms with Gasteiger partial charge in [-0.15, -0.1) is 0 Å². The van der Waals surface area contributed by atoms with Crippen LogP contribution in [0.5, 0.6) is 0 Å². The number of nitrogens with zero attached hydrogens (tertiary/aromatic N) is 4. The van der Waals surface area contributed by atoms with E-state index in [-0.39, 0.29) is 0 Å². The summed E-state index contributed by atoms with van der Waals surface area (Å²) < 4.78 is 292. The van der Waals surface area contributed by atoms with Crippen LogP contribution in [0, 0.1) is 0 Å². The molecule has 8 aromatic carbocycles. The summed E-state index contributed by atoms with van der Waals surface area (Å²) >= 11 is 0. The van der Waals surface area contributed by atoms with Gasteiger partial charge in [-0.05, 0) is 52.9 Å². The fraction of sp³-hybridized carbons (Fsp3) is 0. The smallest absolute Gasteiger partial charge is 0.164 e. The zero-order valence-electron chi connectivity index (χ0n) is 59.7. The van der Waals surface area contributed by atoms with Gasteiger partial charge in [0.1, 0.15) is 11.2 Å². The second kappa shape index (κ2) is 13.0. The van der Waals surface area contributed by atoms with Gasteiger partial charge in [0.15, 0.2) is 17.5 Å². The normalized spacial score (nSPS) is 19.6. The molecule has 262 valence electrons. The summed E-state index contributed by atoms with van der Waals surface area (Å²) in [6.07, 6.45) is 0. The SMILES string of the molecule is [2H]c1c([2H])c([2H])c(-c2nc(-c3c([2H])c([2H])c([2H])c([2H])c3[2H])nc(-c3c([2H])c([2H])c(-c4c([2H])c([2H])c5c(oc6c([2H])c([2H])c([2H])c(-c7c([2H])c([2H])c([2H])c([2H])c7-n7c8c([2H])c([2H])c([2H])c([2H])c8c8c([2H])c([2H])c([2H])c([2H])c87)c65)c4[2H])c([2H])c3[2H])n2)c([2H])c1[2H]. The van der Waals surface area contributed by atoms with E-state index >= 15 is 0 Å². The third-order valence-electron chi connectivity index (χ3n) is 8.43. The molecule has 0 atom stereocenters. The number of furan rings is 1. The van der Waals surface area contributed by atoms with Gasteiger partial charge in [0.25, 0.3) is 0 Å². The minimum atomic E-state index is -1.10. The number of para-hydroxylation sites is 3. The van der Waals surface area contributed by atoms with E-state index < -0.39 is 299 Å². The Labute approximate surface area is 367 Å². The molecule has 5 nitrogen and oxygen atoms in total. The number of hydrogen-bond donors (Lipinski definition) is 0. The average molecular weight is 749 g/mol. The summed E-state index contributed by atoms with van der Waals surface area (Å²) in [7, 11) is 0. The van der Waals surface area contributed by atoms with Crippen molar-refractivity contribution in [2.24, 2.45) is 0 Å². The molecule has 0 fully saturated rings. The maximum Gasteiger partial charge on any atom is 0.164 e. The first-order valence-corrected chi connectivity index (χ1v) is 16.2. The predicted octanol–water partition coefficient (Wildman–Crippen LogP) is 13.2. The third-order valence-corrected chi connectivity index (χ3v) is 8.43. The highest BCUT2D eigenvalue weighted by Gasteiger charge is 2.19. The van der Waals surface area contributed by atoms with Crippen molar-refractivity contribution >= 4 is 43.7 Å².